The van der Waals surface area contributed by atoms with Crippen molar-refractivity contribution >= 4 is 34.1 Å². The molecule has 4 rings (SSSR count). The second-order valence-corrected chi connectivity index (χ2v) is 5.34. The van der Waals surface area contributed by atoms with E-state index < -0.39 is 0 Å². The van der Waals surface area contributed by atoms with Gasteiger partial charge in [0.05, 0.1) is 6.61 Å². The normalized spacial score (nSPS) is 15.3. The van der Waals surface area contributed by atoms with Crippen molar-refractivity contribution in [2.75, 3.05) is 5.32 Å². The van der Waals surface area contributed by atoms with Gasteiger partial charge in [0, 0.05) is 39.5 Å². The zero-order chi connectivity index (χ0) is 15.1. The van der Waals surface area contributed by atoms with Crippen LogP contribution in [0.5, 0.6) is 0 Å². The number of aliphatic hydroxyl groups is 1. The summed E-state index contributed by atoms with van der Waals surface area (Å²) >= 11 is 0. The van der Waals surface area contributed by atoms with Gasteiger partial charge in [-0.2, -0.15) is 0 Å². The highest BCUT2D eigenvalue weighted by molar-refractivity contribution is 6.35. The molecule has 4 heteroatoms. The van der Waals surface area contributed by atoms with E-state index in [1.54, 1.807) is 0 Å². The van der Waals surface area contributed by atoms with E-state index in [9.17, 15) is 9.90 Å². The third-order valence-corrected chi connectivity index (χ3v) is 3.97. The summed E-state index contributed by atoms with van der Waals surface area (Å²) in [5.74, 6) is -0.115. The van der Waals surface area contributed by atoms with Crippen molar-refractivity contribution in [2.24, 2.45) is 0 Å². The zero-order valence-corrected chi connectivity index (χ0v) is 11.8. The maximum absolute atomic E-state index is 12.2. The van der Waals surface area contributed by atoms with Crippen molar-refractivity contribution in [1.82, 2.24) is 4.98 Å². The van der Waals surface area contributed by atoms with E-state index in [-0.39, 0.29) is 12.5 Å². The van der Waals surface area contributed by atoms with Crippen LogP contribution in [0.3, 0.4) is 0 Å². The van der Waals surface area contributed by atoms with Crippen LogP contribution in [0.15, 0.2) is 48.7 Å². The number of hydrogen-bond donors (Lipinski definition) is 3. The van der Waals surface area contributed by atoms with Crippen molar-refractivity contribution in [3.63, 3.8) is 0 Å². The Kier molecular flexibility index (Phi) is 2.84. The fraction of sp³-hybridized carbons (Fsp3) is 0.0556. The van der Waals surface area contributed by atoms with E-state index in [1.807, 2.05) is 54.7 Å². The zero-order valence-electron chi connectivity index (χ0n) is 11.8. The van der Waals surface area contributed by atoms with Crippen molar-refractivity contribution < 1.29 is 9.90 Å². The number of fused-ring (bicyclic) bond motifs is 2. The number of para-hydroxylation sites is 1. The maximum Gasteiger partial charge on any atom is 0.256 e. The van der Waals surface area contributed by atoms with Gasteiger partial charge in [0.2, 0.25) is 0 Å². The van der Waals surface area contributed by atoms with Crippen LogP contribution in [0, 0.1) is 0 Å². The number of carbonyl (C=O) groups is 1. The number of aromatic nitrogens is 1. The number of nitrogens with one attached hydrogen (secondary N) is 2. The van der Waals surface area contributed by atoms with E-state index in [2.05, 4.69) is 10.3 Å². The number of amides is 1. The van der Waals surface area contributed by atoms with Gasteiger partial charge in [-0.15, -0.1) is 0 Å². The van der Waals surface area contributed by atoms with Crippen LogP contribution in [0.2, 0.25) is 0 Å². The number of hydrogen-bond acceptors (Lipinski definition) is 2. The lowest BCUT2D eigenvalue weighted by atomic mass is 10.0. The standard InChI is InChI=1S/C18H14N2O2/c21-10-11-5-6-17-14(7-11)15(18(22)20-17)8-12-9-19-16-4-2-1-3-13(12)16/h1-9,19,21H,10H2,(H,20,22)/b15-8+. The average Bonchev–Trinajstić information content (AvgIpc) is 3.09. The average molecular weight is 290 g/mol. The predicted octanol–water partition coefficient (Wildman–Crippen LogP) is 3.15. The molecule has 2 heterocycles. The Hall–Kier alpha value is -2.85. The summed E-state index contributed by atoms with van der Waals surface area (Å²) in [6.45, 7) is -0.0398. The number of anilines is 1. The summed E-state index contributed by atoms with van der Waals surface area (Å²) in [6, 6.07) is 13.5. The van der Waals surface area contributed by atoms with E-state index in [4.69, 9.17) is 0 Å². The molecule has 1 aliphatic rings. The van der Waals surface area contributed by atoms with Crippen molar-refractivity contribution in [1.29, 1.82) is 0 Å². The topological polar surface area (TPSA) is 65.1 Å². The molecule has 1 aromatic heterocycles. The first-order valence-electron chi connectivity index (χ1n) is 7.09. The van der Waals surface area contributed by atoms with Gasteiger partial charge in [0.25, 0.3) is 5.91 Å². The summed E-state index contributed by atoms with van der Waals surface area (Å²) in [5.41, 5.74) is 5.05. The molecule has 2 aromatic carbocycles. The first-order chi connectivity index (χ1) is 10.8. The van der Waals surface area contributed by atoms with Crippen LogP contribution < -0.4 is 5.32 Å². The molecule has 4 nitrogen and oxygen atoms in total. The summed E-state index contributed by atoms with van der Waals surface area (Å²) in [5, 5.41) is 13.2. The molecular formula is C18H14N2O2. The third kappa shape index (κ3) is 1.93. The van der Waals surface area contributed by atoms with E-state index in [1.165, 1.54) is 0 Å². The summed E-state index contributed by atoms with van der Waals surface area (Å²) in [7, 11) is 0. The second kappa shape index (κ2) is 4.86. The quantitative estimate of drug-likeness (QED) is 0.635. The predicted molar refractivity (Wildman–Crippen MR) is 87.2 cm³/mol. The minimum atomic E-state index is -0.115. The molecule has 0 fully saturated rings. The highest BCUT2D eigenvalue weighted by atomic mass is 16.3. The molecule has 0 radical (unpaired) electrons. The number of rotatable bonds is 2. The van der Waals surface area contributed by atoms with Crippen molar-refractivity contribution in [2.45, 2.75) is 6.61 Å². The lowest BCUT2D eigenvalue weighted by Crippen LogP contribution is -2.03. The molecule has 0 bridgehead atoms. The minimum absolute atomic E-state index is 0.0398. The Bertz CT molecular complexity index is 922. The highest BCUT2D eigenvalue weighted by Crippen LogP contribution is 2.34. The van der Waals surface area contributed by atoms with Gasteiger partial charge in [0.1, 0.15) is 0 Å². The first kappa shape index (κ1) is 12.9. The smallest absolute Gasteiger partial charge is 0.256 e. The van der Waals surface area contributed by atoms with Gasteiger partial charge < -0.3 is 15.4 Å². The van der Waals surface area contributed by atoms with Crippen molar-refractivity contribution in [3.8, 4) is 0 Å². The largest absolute Gasteiger partial charge is 0.392 e. The van der Waals surface area contributed by atoms with Gasteiger partial charge in [-0.05, 0) is 29.8 Å². The van der Waals surface area contributed by atoms with Crippen LogP contribution in [-0.4, -0.2) is 16.0 Å². The molecule has 1 amide bonds. The molecule has 1 aliphatic heterocycles. The highest BCUT2D eigenvalue weighted by Gasteiger charge is 2.24. The number of carbonyl (C=O) groups excluding carboxylic acids is 1. The lowest BCUT2D eigenvalue weighted by molar-refractivity contribution is -0.110. The fourth-order valence-electron chi connectivity index (χ4n) is 2.85. The molecule has 0 saturated carbocycles. The maximum atomic E-state index is 12.2. The molecule has 0 unspecified atom stereocenters. The number of benzene rings is 2. The molecule has 0 atom stereocenters. The summed E-state index contributed by atoms with van der Waals surface area (Å²) in [6.07, 6.45) is 3.79. The molecule has 108 valence electrons. The SMILES string of the molecule is O=C1Nc2ccc(CO)cc2/C1=C\c1c[nH]c2ccccc12. The molecule has 0 aliphatic carbocycles. The number of aromatic amines is 1. The molecule has 22 heavy (non-hydrogen) atoms. The minimum Gasteiger partial charge on any atom is -0.392 e. The third-order valence-electron chi connectivity index (χ3n) is 3.97. The Morgan fingerprint density at radius 1 is 1.14 bits per heavy atom. The van der Waals surface area contributed by atoms with Gasteiger partial charge in [-0.3, -0.25) is 4.79 Å². The molecular weight excluding hydrogens is 276 g/mol. The van der Waals surface area contributed by atoms with E-state index in [0.717, 1.165) is 33.3 Å². The fourth-order valence-corrected chi connectivity index (χ4v) is 2.85. The monoisotopic (exact) mass is 290 g/mol. The number of H-pyrrole nitrogens is 1. The van der Waals surface area contributed by atoms with Gasteiger partial charge in [-0.1, -0.05) is 24.3 Å². The van der Waals surface area contributed by atoms with Gasteiger partial charge in [0.15, 0.2) is 0 Å². The van der Waals surface area contributed by atoms with Crippen molar-refractivity contribution in [3.05, 3.63) is 65.4 Å². The lowest BCUT2D eigenvalue weighted by Gasteiger charge is -2.01. The molecule has 3 aromatic rings. The Morgan fingerprint density at radius 2 is 2.00 bits per heavy atom. The molecule has 3 N–H and O–H groups in total. The van der Waals surface area contributed by atoms with Crippen LogP contribution in [0.25, 0.3) is 22.6 Å². The Labute approximate surface area is 127 Å². The Balaban J connectivity index is 1.88. The van der Waals surface area contributed by atoms with Crippen LogP contribution in [-0.2, 0) is 11.4 Å². The van der Waals surface area contributed by atoms with E-state index >= 15 is 0 Å². The van der Waals surface area contributed by atoms with Crippen LogP contribution in [0.4, 0.5) is 5.69 Å². The van der Waals surface area contributed by atoms with Gasteiger partial charge in [-0.25, -0.2) is 0 Å². The second-order valence-electron chi connectivity index (χ2n) is 5.34. The summed E-state index contributed by atoms with van der Waals surface area (Å²) in [4.78, 5) is 15.4. The number of aliphatic hydroxyl groups excluding tert-OH is 1. The summed E-state index contributed by atoms with van der Waals surface area (Å²) < 4.78 is 0. The van der Waals surface area contributed by atoms with Crippen LogP contribution >= 0.6 is 0 Å². The first-order valence-corrected chi connectivity index (χ1v) is 7.09. The Morgan fingerprint density at radius 3 is 2.86 bits per heavy atom. The van der Waals surface area contributed by atoms with Gasteiger partial charge >= 0.3 is 0 Å². The van der Waals surface area contributed by atoms with Crippen LogP contribution in [0.1, 0.15) is 16.7 Å². The molecule has 0 saturated heterocycles. The van der Waals surface area contributed by atoms with E-state index in [0.29, 0.717) is 5.57 Å². The molecule has 0 spiro atoms.